The minimum absolute atomic E-state index is 0.00840. The lowest BCUT2D eigenvalue weighted by molar-refractivity contribution is -0.142. The van der Waals surface area contributed by atoms with Gasteiger partial charge in [-0.1, -0.05) is 25.1 Å². The molecule has 108 valence electrons. The summed E-state index contributed by atoms with van der Waals surface area (Å²) in [5.74, 6) is -1.30. The zero-order chi connectivity index (χ0) is 14.7. The Morgan fingerprint density at radius 3 is 2.45 bits per heavy atom. The largest absolute Gasteiger partial charge is 0.481 e. The summed E-state index contributed by atoms with van der Waals surface area (Å²) in [6.07, 6.45) is 0. The highest BCUT2D eigenvalue weighted by Gasteiger charge is 2.38. The topological polar surface area (TPSA) is 60.9 Å². The number of amides is 2. The van der Waals surface area contributed by atoms with E-state index in [2.05, 4.69) is 0 Å². The van der Waals surface area contributed by atoms with E-state index in [0.29, 0.717) is 19.6 Å². The van der Waals surface area contributed by atoms with Crippen LogP contribution in [0.4, 0.5) is 10.5 Å². The standard InChI is InChI=1S/C15H20N2O3/c1-3-17(12-7-5-4-6-8-12)15(20)16-9-11(2)13(10-16)14(18)19/h4-8,11,13H,3,9-10H2,1-2H3,(H,18,19)/t11-,13-/m1/s1. The molecule has 1 aliphatic heterocycles. The van der Waals surface area contributed by atoms with Gasteiger partial charge in [0.25, 0.3) is 0 Å². The van der Waals surface area contributed by atoms with Gasteiger partial charge in [-0.25, -0.2) is 4.79 Å². The molecule has 0 aromatic heterocycles. The Balaban J connectivity index is 2.13. The second-order valence-electron chi connectivity index (χ2n) is 5.19. The van der Waals surface area contributed by atoms with Crippen LogP contribution in [0.25, 0.3) is 0 Å². The maximum Gasteiger partial charge on any atom is 0.324 e. The van der Waals surface area contributed by atoms with Crippen LogP contribution < -0.4 is 4.90 Å². The Hall–Kier alpha value is -2.04. The normalized spacial score (nSPS) is 21.8. The molecule has 20 heavy (non-hydrogen) atoms. The summed E-state index contributed by atoms with van der Waals surface area (Å²) in [7, 11) is 0. The van der Waals surface area contributed by atoms with Crippen molar-refractivity contribution in [2.45, 2.75) is 13.8 Å². The van der Waals surface area contributed by atoms with E-state index in [1.807, 2.05) is 44.2 Å². The number of anilines is 1. The van der Waals surface area contributed by atoms with Crippen molar-refractivity contribution in [2.75, 3.05) is 24.5 Å². The third kappa shape index (κ3) is 2.76. The van der Waals surface area contributed by atoms with Crippen LogP contribution in [0.5, 0.6) is 0 Å². The van der Waals surface area contributed by atoms with Crippen LogP contribution in [-0.2, 0) is 4.79 Å². The first-order valence-electron chi connectivity index (χ1n) is 6.89. The summed E-state index contributed by atoms with van der Waals surface area (Å²) in [6, 6.07) is 9.33. The van der Waals surface area contributed by atoms with E-state index in [0.717, 1.165) is 5.69 Å². The molecule has 1 fully saturated rings. The molecular weight excluding hydrogens is 256 g/mol. The van der Waals surface area contributed by atoms with Crippen molar-refractivity contribution < 1.29 is 14.7 Å². The molecule has 0 saturated carbocycles. The fraction of sp³-hybridized carbons (Fsp3) is 0.467. The number of likely N-dealkylation sites (tertiary alicyclic amines) is 1. The molecule has 1 aliphatic rings. The molecule has 2 amide bonds. The predicted molar refractivity (Wildman–Crippen MR) is 76.7 cm³/mol. The van der Waals surface area contributed by atoms with E-state index in [4.69, 9.17) is 5.11 Å². The smallest absolute Gasteiger partial charge is 0.324 e. The molecule has 5 heteroatoms. The quantitative estimate of drug-likeness (QED) is 0.921. The first kappa shape index (κ1) is 14.4. The second kappa shape index (κ2) is 5.94. The van der Waals surface area contributed by atoms with Crippen molar-refractivity contribution in [2.24, 2.45) is 11.8 Å². The third-order valence-corrected chi connectivity index (χ3v) is 3.82. The molecule has 0 unspecified atom stereocenters. The van der Waals surface area contributed by atoms with Crippen molar-refractivity contribution in [3.8, 4) is 0 Å². The summed E-state index contributed by atoms with van der Waals surface area (Å²) >= 11 is 0. The monoisotopic (exact) mass is 276 g/mol. The molecule has 0 radical (unpaired) electrons. The fourth-order valence-corrected chi connectivity index (χ4v) is 2.65. The summed E-state index contributed by atoms with van der Waals surface area (Å²) in [5.41, 5.74) is 0.839. The maximum atomic E-state index is 12.5. The first-order chi connectivity index (χ1) is 9.54. The van der Waals surface area contributed by atoms with Gasteiger partial charge in [0, 0.05) is 25.3 Å². The lowest BCUT2D eigenvalue weighted by atomic mass is 9.99. The number of carbonyl (C=O) groups is 2. The van der Waals surface area contributed by atoms with Crippen LogP contribution in [0.1, 0.15) is 13.8 Å². The number of urea groups is 1. The number of carbonyl (C=O) groups excluding carboxylic acids is 1. The number of rotatable bonds is 3. The highest BCUT2D eigenvalue weighted by molar-refractivity contribution is 5.92. The molecule has 2 rings (SSSR count). The molecule has 1 N–H and O–H groups in total. The van der Waals surface area contributed by atoms with Crippen molar-refractivity contribution in [1.82, 2.24) is 4.90 Å². The number of para-hydroxylation sites is 1. The molecule has 1 heterocycles. The van der Waals surface area contributed by atoms with Gasteiger partial charge in [-0.2, -0.15) is 0 Å². The fourth-order valence-electron chi connectivity index (χ4n) is 2.65. The molecular formula is C15H20N2O3. The summed E-state index contributed by atoms with van der Waals surface area (Å²) in [4.78, 5) is 27.0. The van der Waals surface area contributed by atoms with E-state index < -0.39 is 11.9 Å². The number of aliphatic carboxylic acids is 1. The van der Waals surface area contributed by atoms with E-state index in [1.54, 1.807) is 9.80 Å². The summed E-state index contributed by atoms with van der Waals surface area (Å²) in [5, 5.41) is 9.14. The van der Waals surface area contributed by atoms with Gasteiger partial charge >= 0.3 is 12.0 Å². The highest BCUT2D eigenvalue weighted by atomic mass is 16.4. The Labute approximate surface area is 118 Å². The Bertz CT molecular complexity index is 489. The van der Waals surface area contributed by atoms with Crippen molar-refractivity contribution >= 4 is 17.7 Å². The highest BCUT2D eigenvalue weighted by Crippen LogP contribution is 2.25. The Kier molecular flexibility index (Phi) is 4.27. The summed E-state index contributed by atoms with van der Waals surface area (Å²) in [6.45, 7) is 5.15. The number of benzene rings is 1. The number of carboxylic acid groups (broad SMARTS) is 1. The molecule has 1 aromatic carbocycles. The van der Waals surface area contributed by atoms with Gasteiger partial charge in [-0.3, -0.25) is 9.69 Å². The molecule has 2 atom stereocenters. The lowest BCUT2D eigenvalue weighted by Gasteiger charge is -2.27. The van der Waals surface area contributed by atoms with Gasteiger partial charge in [-0.15, -0.1) is 0 Å². The van der Waals surface area contributed by atoms with Crippen LogP contribution in [0.2, 0.25) is 0 Å². The van der Waals surface area contributed by atoms with Gasteiger partial charge in [0.05, 0.1) is 5.92 Å². The average molecular weight is 276 g/mol. The van der Waals surface area contributed by atoms with E-state index in [1.165, 1.54) is 0 Å². The number of hydrogen-bond acceptors (Lipinski definition) is 2. The second-order valence-corrected chi connectivity index (χ2v) is 5.19. The van der Waals surface area contributed by atoms with Gasteiger partial charge in [-0.05, 0) is 25.0 Å². The van der Waals surface area contributed by atoms with Crippen LogP contribution in [-0.4, -0.2) is 41.6 Å². The van der Waals surface area contributed by atoms with Gasteiger partial charge in [0.2, 0.25) is 0 Å². The third-order valence-electron chi connectivity index (χ3n) is 3.82. The zero-order valence-electron chi connectivity index (χ0n) is 11.8. The SMILES string of the molecule is CCN(C(=O)N1C[C@@H](C)[C@H](C(=O)O)C1)c1ccccc1. The molecule has 0 aliphatic carbocycles. The van der Waals surface area contributed by atoms with E-state index in [9.17, 15) is 9.59 Å². The van der Waals surface area contributed by atoms with Gasteiger partial charge < -0.3 is 10.0 Å². The van der Waals surface area contributed by atoms with Crippen LogP contribution in [0.3, 0.4) is 0 Å². The minimum atomic E-state index is -0.824. The predicted octanol–water partition coefficient (Wildman–Crippen LogP) is 2.29. The summed E-state index contributed by atoms with van der Waals surface area (Å²) < 4.78 is 0. The van der Waals surface area contributed by atoms with Crippen LogP contribution in [0, 0.1) is 11.8 Å². The number of carboxylic acids is 1. The van der Waals surface area contributed by atoms with Gasteiger partial charge in [0.1, 0.15) is 0 Å². The van der Waals surface area contributed by atoms with Gasteiger partial charge in [0.15, 0.2) is 0 Å². The van der Waals surface area contributed by atoms with Crippen molar-refractivity contribution in [3.63, 3.8) is 0 Å². The maximum absolute atomic E-state index is 12.5. The molecule has 5 nitrogen and oxygen atoms in total. The molecule has 1 aromatic rings. The minimum Gasteiger partial charge on any atom is -0.481 e. The van der Waals surface area contributed by atoms with Crippen molar-refractivity contribution in [1.29, 1.82) is 0 Å². The van der Waals surface area contributed by atoms with Crippen LogP contribution in [0.15, 0.2) is 30.3 Å². The average Bonchev–Trinajstić information content (AvgIpc) is 2.83. The van der Waals surface area contributed by atoms with E-state index >= 15 is 0 Å². The zero-order valence-corrected chi connectivity index (χ0v) is 11.8. The van der Waals surface area contributed by atoms with Crippen LogP contribution >= 0.6 is 0 Å². The number of hydrogen-bond donors (Lipinski definition) is 1. The number of nitrogens with zero attached hydrogens (tertiary/aromatic N) is 2. The molecule has 1 saturated heterocycles. The van der Waals surface area contributed by atoms with Crippen molar-refractivity contribution in [3.05, 3.63) is 30.3 Å². The van der Waals surface area contributed by atoms with E-state index in [-0.39, 0.29) is 11.9 Å². The molecule has 0 bridgehead atoms. The molecule has 0 spiro atoms. The Morgan fingerprint density at radius 2 is 1.95 bits per heavy atom. The first-order valence-corrected chi connectivity index (χ1v) is 6.89. The lowest BCUT2D eigenvalue weighted by Crippen LogP contribution is -2.42. The Morgan fingerprint density at radius 1 is 1.30 bits per heavy atom.